The Kier molecular flexibility index (Phi) is 7.14. The second kappa shape index (κ2) is 9.12. The Bertz CT molecular complexity index is 640. The molecular formula is C20H30FN3O2. The van der Waals surface area contributed by atoms with Crippen LogP contribution in [0.2, 0.25) is 0 Å². The number of carbonyl (C=O) groups is 2. The van der Waals surface area contributed by atoms with E-state index in [0.29, 0.717) is 24.1 Å². The van der Waals surface area contributed by atoms with Crippen molar-refractivity contribution < 1.29 is 14.0 Å². The molecule has 0 unspecified atom stereocenters. The largest absolute Gasteiger partial charge is 0.345 e. The molecule has 1 aliphatic rings. The lowest BCUT2D eigenvalue weighted by atomic mass is 9.92. The van der Waals surface area contributed by atoms with E-state index < -0.39 is 11.9 Å². The van der Waals surface area contributed by atoms with Crippen molar-refractivity contribution in [3.63, 3.8) is 0 Å². The van der Waals surface area contributed by atoms with Crippen LogP contribution < -0.4 is 10.6 Å². The summed E-state index contributed by atoms with van der Waals surface area (Å²) in [5, 5.41) is 5.43. The summed E-state index contributed by atoms with van der Waals surface area (Å²) in [5.74, 6) is -0.491. The molecule has 0 aromatic heterocycles. The van der Waals surface area contributed by atoms with Gasteiger partial charge in [0.1, 0.15) is 11.9 Å². The van der Waals surface area contributed by atoms with E-state index in [9.17, 15) is 14.0 Å². The van der Waals surface area contributed by atoms with Crippen molar-refractivity contribution in [1.82, 2.24) is 10.2 Å². The first-order valence-corrected chi connectivity index (χ1v) is 9.36. The Labute approximate surface area is 155 Å². The Morgan fingerprint density at radius 2 is 1.88 bits per heavy atom. The molecule has 2 amide bonds. The van der Waals surface area contributed by atoms with Gasteiger partial charge in [-0.15, -0.1) is 0 Å². The van der Waals surface area contributed by atoms with Crippen molar-refractivity contribution in [2.24, 2.45) is 5.92 Å². The topological polar surface area (TPSA) is 61.4 Å². The smallest absolute Gasteiger partial charge is 0.246 e. The highest BCUT2D eigenvalue weighted by Gasteiger charge is 2.24. The van der Waals surface area contributed by atoms with Gasteiger partial charge in [-0.2, -0.15) is 0 Å². The summed E-state index contributed by atoms with van der Waals surface area (Å²) in [4.78, 5) is 26.9. The summed E-state index contributed by atoms with van der Waals surface area (Å²) < 4.78 is 13.3. The fourth-order valence-electron chi connectivity index (χ4n) is 3.27. The standard InChI is InChI=1S/C20H30FN3O2/c1-13(2)24-9-7-16(8-10-24)11-19(25)22-15(4)20(26)23-18-12-17(21)6-5-14(18)3/h5-6,12-13,15-16H,7-11H2,1-4H3,(H,22,25)(H,23,26)/t15-/m0/s1. The van der Waals surface area contributed by atoms with E-state index in [4.69, 9.17) is 0 Å². The molecule has 0 spiro atoms. The van der Waals surface area contributed by atoms with E-state index in [1.54, 1.807) is 19.9 Å². The van der Waals surface area contributed by atoms with Gasteiger partial charge < -0.3 is 15.5 Å². The molecule has 0 saturated carbocycles. The minimum Gasteiger partial charge on any atom is -0.345 e. The summed E-state index contributed by atoms with van der Waals surface area (Å²) in [6.07, 6.45) is 2.46. The molecule has 144 valence electrons. The van der Waals surface area contributed by atoms with Crippen LogP contribution >= 0.6 is 0 Å². The van der Waals surface area contributed by atoms with Gasteiger partial charge in [-0.3, -0.25) is 9.59 Å². The fourth-order valence-corrected chi connectivity index (χ4v) is 3.27. The number of amides is 2. The maximum absolute atomic E-state index is 13.3. The molecule has 2 N–H and O–H groups in total. The first-order chi connectivity index (χ1) is 12.3. The molecular weight excluding hydrogens is 333 g/mol. The maximum Gasteiger partial charge on any atom is 0.246 e. The molecule has 5 nitrogen and oxygen atoms in total. The van der Waals surface area contributed by atoms with Crippen LogP contribution in [-0.2, 0) is 9.59 Å². The number of carbonyl (C=O) groups excluding carboxylic acids is 2. The van der Waals surface area contributed by atoms with E-state index >= 15 is 0 Å². The van der Waals surface area contributed by atoms with Gasteiger partial charge in [0.15, 0.2) is 0 Å². The first kappa shape index (κ1) is 20.4. The highest BCUT2D eigenvalue weighted by atomic mass is 19.1. The Morgan fingerprint density at radius 1 is 1.23 bits per heavy atom. The summed E-state index contributed by atoms with van der Waals surface area (Å²) in [7, 11) is 0. The lowest BCUT2D eigenvalue weighted by molar-refractivity contribution is -0.127. The number of hydrogen-bond acceptors (Lipinski definition) is 3. The van der Waals surface area contributed by atoms with E-state index in [1.165, 1.54) is 12.1 Å². The van der Waals surface area contributed by atoms with Gasteiger partial charge in [0.05, 0.1) is 0 Å². The van der Waals surface area contributed by atoms with Crippen molar-refractivity contribution in [1.29, 1.82) is 0 Å². The van der Waals surface area contributed by atoms with Crippen molar-refractivity contribution in [3.05, 3.63) is 29.6 Å². The van der Waals surface area contributed by atoms with E-state index in [2.05, 4.69) is 29.4 Å². The van der Waals surface area contributed by atoms with Crippen LogP contribution in [0.4, 0.5) is 10.1 Å². The highest BCUT2D eigenvalue weighted by molar-refractivity contribution is 5.97. The fraction of sp³-hybridized carbons (Fsp3) is 0.600. The predicted molar refractivity (Wildman–Crippen MR) is 101 cm³/mol. The summed E-state index contributed by atoms with van der Waals surface area (Å²) in [6, 6.07) is 4.11. The number of anilines is 1. The maximum atomic E-state index is 13.3. The van der Waals surface area contributed by atoms with Crippen LogP contribution in [0.5, 0.6) is 0 Å². The molecule has 1 heterocycles. The third-order valence-corrected chi connectivity index (χ3v) is 5.08. The molecule has 1 aliphatic heterocycles. The molecule has 0 radical (unpaired) electrons. The summed E-state index contributed by atoms with van der Waals surface area (Å²) in [6.45, 7) is 9.85. The average Bonchev–Trinajstić information content (AvgIpc) is 2.58. The third-order valence-electron chi connectivity index (χ3n) is 5.08. The number of piperidine rings is 1. The Balaban J connectivity index is 1.79. The second-order valence-corrected chi connectivity index (χ2v) is 7.51. The van der Waals surface area contributed by atoms with Gasteiger partial charge in [0.2, 0.25) is 11.8 Å². The first-order valence-electron chi connectivity index (χ1n) is 9.36. The average molecular weight is 363 g/mol. The highest BCUT2D eigenvalue weighted by Crippen LogP contribution is 2.22. The lowest BCUT2D eigenvalue weighted by Gasteiger charge is -2.34. The van der Waals surface area contributed by atoms with Crippen molar-refractivity contribution in [2.45, 2.75) is 59.0 Å². The van der Waals surface area contributed by atoms with Gasteiger partial charge in [-0.1, -0.05) is 6.07 Å². The Morgan fingerprint density at radius 3 is 2.50 bits per heavy atom. The number of aryl methyl sites for hydroxylation is 1. The molecule has 1 aromatic carbocycles. The number of nitrogens with one attached hydrogen (secondary N) is 2. The lowest BCUT2D eigenvalue weighted by Crippen LogP contribution is -2.43. The zero-order valence-electron chi connectivity index (χ0n) is 16.1. The minimum absolute atomic E-state index is 0.105. The van der Waals surface area contributed by atoms with E-state index in [0.717, 1.165) is 31.5 Å². The predicted octanol–water partition coefficient (Wildman–Crippen LogP) is 3.09. The molecule has 1 saturated heterocycles. The normalized spacial score (nSPS) is 17.2. The SMILES string of the molecule is Cc1ccc(F)cc1NC(=O)[C@H](C)NC(=O)CC1CCN(C(C)C)CC1. The second-order valence-electron chi connectivity index (χ2n) is 7.51. The van der Waals surface area contributed by atoms with E-state index in [-0.39, 0.29) is 11.8 Å². The minimum atomic E-state index is -0.666. The zero-order chi connectivity index (χ0) is 19.3. The molecule has 0 aliphatic carbocycles. The summed E-state index contributed by atoms with van der Waals surface area (Å²) in [5.41, 5.74) is 1.20. The van der Waals surface area contributed by atoms with Crippen molar-refractivity contribution in [2.75, 3.05) is 18.4 Å². The van der Waals surface area contributed by atoms with Gasteiger partial charge in [0.25, 0.3) is 0 Å². The van der Waals surface area contributed by atoms with Crippen LogP contribution in [-0.4, -0.2) is 41.9 Å². The summed E-state index contributed by atoms with van der Waals surface area (Å²) >= 11 is 0. The number of nitrogens with zero attached hydrogens (tertiary/aromatic N) is 1. The zero-order valence-corrected chi connectivity index (χ0v) is 16.1. The molecule has 6 heteroatoms. The van der Waals surface area contributed by atoms with Crippen molar-refractivity contribution in [3.8, 4) is 0 Å². The van der Waals surface area contributed by atoms with E-state index in [1.807, 2.05) is 0 Å². The molecule has 1 aromatic rings. The molecule has 1 atom stereocenters. The molecule has 2 rings (SSSR count). The molecule has 26 heavy (non-hydrogen) atoms. The number of halogens is 1. The molecule has 1 fully saturated rings. The number of rotatable bonds is 6. The van der Waals surface area contributed by atoms with Crippen LogP contribution in [0.25, 0.3) is 0 Å². The number of benzene rings is 1. The van der Waals surface area contributed by atoms with Crippen LogP contribution in [0, 0.1) is 18.7 Å². The van der Waals surface area contributed by atoms with Gasteiger partial charge in [-0.25, -0.2) is 4.39 Å². The van der Waals surface area contributed by atoms with Crippen LogP contribution in [0.3, 0.4) is 0 Å². The van der Waals surface area contributed by atoms with Gasteiger partial charge in [-0.05, 0) is 77.2 Å². The van der Waals surface area contributed by atoms with Crippen LogP contribution in [0.15, 0.2) is 18.2 Å². The Hall–Kier alpha value is -1.95. The van der Waals surface area contributed by atoms with Crippen LogP contribution in [0.1, 0.15) is 45.6 Å². The van der Waals surface area contributed by atoms with Gasteiger partial charge >= 0.3 is 0 Å². The molecule has 0 bridgehead atoms. The third kappa shape index (κ3) is 5.80. The monoisotopic (exact) mass is 363 g/mol. The van der Waals surface area contributed by atoms with Crippen molar-refractivity contribution >= 4 is 17.5 Å². The van der Waals surface area contributed by atoms with Gasteiger partial charge in [0, 0.05) is 18.2 Å². The number of likely N-dealkylation sites (tertiary alicyclic amines) is 1. The quantitative estimate of drug-likeness (QED) is 0.816. The number of hydrogen-bond donors (Lipinski definition) is 2.